The van der Waals surface area contributed by atoms with E-state index in [4.69, 9.17) is 5.14 Å². The normalized spacial score (nSPS) is 13.6. The van der Waals surface area contributed by atoms with Gasteiger partial charge in [-0.2, -0.15) is 26.3 Å². The molecule has 0 saturated heterocycles. The molecule has 4 nitrogen and oxygen atoms in total. The number of nitrogens with one attached hydrogen (secondary N) is 1. The fourth-order valence-corrected chi connectivity index (χ4v) is 3.98. The predicted octanol–water partition coefficient (Wildman–Crippen LogP) is 6.42. The molecule has 0 spiro atoms. The average molecular weight is 495 g/mol. The van der Waals surface area contributed by atoms with Crippen LogP contribution in [0.2, 0.25) is 0 Å². The Morgan fingerprint density at radius 2 is 1.47 bits per heavy atom. The van der Waals surface area contributed by atoms with Crippen LogP contribution in [-0.2, 0) is 23.3 Å². The number of H-pyrrole nitrogens is 1. The zero-order chi connectivity index (χ0) is 24.7. The molecule has 4 rings (SSSR count). The number of rotatable bonds is 4. The number of hydrogen-bond acceptors (Lipinski definition) is 2. The summed E-state index contributed by atoms with van der Waals surface area (Å²) in [6.07, 6.45) is -5.85. The molecule has 3 aromatic carbocycles. The van der Waals surface area contributed by atoms with Gasteiger partial charge in [-0.3, -0.25) is 0 Å². The van der Waals surface area contributed by atoms with Gasteiger partial charge in [0.1, 0.15) is 16.8 Å². The first-order valence-electron chi connectivity index (χ1n) is 9.65. The van der Waals surface area contributed by atoms with Crippen LogP contribution in [0.25, 0.3) is 34.3 Å². The zero-order valence-electron chi connectivity index (χ0n) is 17.0. The first-order valence-corrected chi connectivity index (χ1v) is 10.9. The van der Waals surface area contributed by atoms with Gasteiger partial charge >= 0.3 is 12.4 Å². The summed E-state index contributed by atoms with van der Waals surface area (Å²) in [6, 6.07) is 12.4. The van der Waals surface area contributed by atoms with E-state index in [1.165, 1.54) is 18.2 Å². The van der Waals surface area contributed by atoms with Gasteiger partial charge in [0.2, 0.25) is 0 Å². The molecule has 0 saturated carbocycles. The maximum Gasteiger partial charge on any atom is 0.416 e. The van der Waals surface area contributed by atoms with Crippen LogP contribution in [0, 0.1) is 0 Å². The lowest BCUT2D eigenvalue weighted by Gasteiger charge is -2.12. The van der Waals surface area contributed by atoms with Crippen LogP contribution in [0.1, 0.15) is 22.5 Å². The van der Waals surface area contributed by atoms with E-state index in [-0.39, 0.29) is 10.5 Å². The molecule has 0 bridgehead atoms. The van der Waals surface area contributed by atoms with Crippen molar-refractivity contribution in [2.75, 3.05) is 0 Å². The zero-order valence-corrected chi connectivity index (χ0v) is 17.9. The number of aromatic nitrogens is 2. The average Bonchev–Trinajstić information content (AvgIpc) is 3.18. The Labute approximate surface area is 191 Å². The molecular formula is C23H15F6N3OS. The summed E-state index contributed by atoms with van der Waals surface area (Å²) in [5, 5.41) is 5.42. The van der Waals surface area contributed by atoms with Crippen molar-refractivity contribution in [2.24, 2.45) is 5.14 Å². The van der Waals surface area contributed by atoms with Gasteiger partial charge in [0.05, 0.1) is 27.1 Å². The molecule has 1 unspecified atom stereocenters. The van der Waals surface area contributed by atoms with Gasteiger partial charge in [-0.25, -0.2) is 14.3 Å². The van der Waals surface area contributed by atoms with Gasteiger partial charge in [-0.1, -0.05) is 30.3 Å². The van der Waals surface area contributed by atoms with Crippen molar-refractivity contribution in [3.05, 3.63) is 83.2 Å². The number of benzene rings is 3. The van der Waals surface area contributed by atoms with Gasteiger partial charge in [-0.15, -0.1) is 0 Å². The highest BCUT2D eigenvalue weighted by molar-refractivity contribution is 7.82. The van der Waals surface area contributed by atoms with Gasteiger partial charge in [-0.05, 0) is 59.2 Å². The number of alkyl halides is 6. The first kappa shape index (κ1) is 23.7. The summed E-state index contributed by atoms with van der Waals surface area (Å²) in [5.74, 6) is 0.419. The quantitative estimate of drug-likeness (QED) is 0.321. The van der Waals surface area contributed by atoms with Crippen LogP contribution < -0.4 is 5.14 Å². The van der Waals surface area contributed by atoms with Crippen molar-refractivity contribution in [1.82, 2.24) is 9.97 Å². The third-order valence-electron chi connectivity index (χ3n) is 5.01. The van der Waals surface area contributed by atoms with Crippen LogP contribution in [0.5, 0.6) is 0 Å². The highest BCUT2D eigenvalue weighted by atomic mass is 32.2. The molecule has 11 heteroatoms. The van der Waals surface area contributed by atoms with Crippen molar-refractivity contribution in [2.45, 2.75) is 17.2 Å². The molecule has 1 heterocycles. The van der Waals surface area contributed by atoms with E-state index in [1.807, 2.05) is 0 Å². The molecule has 34 heavy (non-hydrogen) atoms. The number of imidazole rings is 1. The number of aromatic amines is 1. The molecule has 0 aliphatic carbocycles. The third kappa shape index (κ3) is 5.05. The highest BCUT2D eigenvalue weighted by Gasteiger charge is 2.32. The number of fused-ring (bicyclic) bond motifs is 1. The minimum absolute atomic E-state index is 0.156. The van der Waals surface area contributed by atoms with Gasteiger partial charge in [0.15, 0.2) is 0 Å². The number of halogens is 6. The summed E-state index contributed by atoms with van der Waals surface area (Å²) >= 11 is 0. The second-order valence-corrected chi connectivity index (χ2v) is 8.35. The fraction of sp³-hybridized carbons (Fsp3) is 0.0870. The molecule has 0 aliphatic rings. The molecule has 1 atom stereocenters. The van der Waals surface area contributed by atoms with E-state index in [0.717, 1.165) is 24.3 Å². The maximum absolute atomic E-state index is 13.0. The lowest BCUT2D eigenvalue weighted by molar-refractivity contribution is -0.138. The molecule has 3 N–H and O–H groups in total. The molecular weight excluding hydrogens is 480 g/mol. The number of nitrogens with two attached hydrogens (primary N) is 1. The second-order valence-electron chi connectivity index (χ2n) is 7.31. The molecule has 176 valence electrons. The van der Waals surface area contributed by atoms with E-state index in [1.54, 1.807) is 30.4 Å². The van der Waals surface area contributed by atoms with E-state index >= 15 is 0 Å². The van der Waals surface area contributed by atoms with Gasteiger partial charge < -0.3 is 4.98 Å². The summed E-state index contributed by atoms with van der Waals surface area (Å²) in [7, 11) is -2.15. The Kier molecular flexibility index (Phi) is 6.09. The minimum atomic E-state index is -4.60. The van der Waals surface area contributed by atoms with Crippen LogP contribution in [0.3, 0.4) is 0 Å². The summed E-state index contributed by atoms with van der Waals surface area (Å²) in [6.45, 7) is 0. The van der Waals surface area contributed by atoms with Gasteiger partial charge in [0.25, 0.3) is 0 Å². The van der Waals surface area contributed by atoms with E-state index in [0.29, 0.717) is 28.0 Å². The Hall–Kier alpha value is -3.44. The van der Waals surface area contributed by atoms with Crippen molar-refractivity contribution in [3.63, 3.8) is 0 Å². The summed E-state index contributed by atoms with van der Waals surface area (Å²) in [4.78, 5) is 7.24. The van der Waals surface area contributed by atoms with Crippen LogP contribution in [-0.4, -0.2) is 14.2 Å². The largest absolute Gasteiger partial charge is 0.416 e. The standard InChI is InChI=1S/C23H15F6N3OS/c24-22(25,26)15-5-1-13(2-6-15)3-10-21-31-18-9-4-14(11-19(18)32-21)17-8-7-16(23(27,28)29)12-20(17)34(30)33/h1-12H,30H2,(H,31,32)/b10-3+. The lowest BCUT2D eigenvalue weighted by atomic mass is 10.0. The summed E-state index contributed by atoms with van der Waals surface area (Å²) < 4.78 is 89.0. The van der Waals surface area contributed by atoms with E-state index < -0.39 is 34.5 Å². The molecule has 0 amide bonds. The van der Waals surface area contributed by atoms with E-state index in [9.17, 15) is 30.6 Å². The predicted molar refractivity (Wildman–Crippen MR) is 117 cm³/mol. The Balaban J connectivity index is 1.64. The monoisotopic (exact) mass is 495 g/mol. The first-order chi connectivity index (χ1) is 15.9. The number of nitrogens with zero attached hydrogens (tertiary/aromatic N) is 1. The van der Waals surface area contributed by atoms with Crippen LogP contribution in [0.4, 0.5) is 26.3 Å². The third-order valence-corrected chi connectivity index (χ3v) is 5.78. The van der Waals surface area contributed by atoms with Crippen molar-refractivity contribution in [1.29, 1.82) is 0 Å². The minimum Gasteiger partial charge on any atom is -0.338 e. The SMILES string of the molecule is NS(=O)c1cc(C(F)(F)F)ccc1-c1ccc2nc(/C=C/c3ccc(C(F)(F)F)cc3)[nH]c2c1. The molecule has 1 aromatic heterocycles. The lowest BCUT2D eigenvalue weighted by Crippen LogP contribution is -2.10. The van der Waals surface area contributed by atoms with Crippen molar-refractivity contribution < 1.29 is 30.6 Å². The molecule has 0 radical (unpaired) electrons. The topological polar surface area (TPSA) is 71.8 Å². The van der Waals surface area contributed by atoms with Crippen molar-refractivity contribution in [3.8, 4) is 11.1 Å². The summed E-state index contributed by atoms with van der Waals surface area (Å²) in [5.41, 5.74) is 0.708. The highest BCUT2D eigenvalue weighted by Crippen LogP contribution is 2.35. The van der Waals surface area contributed by atoms with Crippen LogP contribution >= 0.6 is 0 Å². The van der Waals surface area contributed by atoms with Gasteiger partial charge in [0, 0.05) is 0 Å². The van der Waals surface area contributed by atoms with Crippen molar-refractivity contribution >= 4 is 34.2 Å². The molecule has 0 aliphatic heterocycles. The maximum atomic E-state index is 13.0. The smallest absolute Gasteiger partial charge is 0.338 e. The molecule has 4 aromatic rings. The Morgan fingerprint density at radius 1 is 0.824 bits per heavy atom. The van der Waals surface area contributed by atoms with E-state index in [2.05, 4.69) is 9.97 Å². The van der Waals surface area contributed by atoms with Crippen LogP contribution in [0.15, 0.2) is 65.6 Å². The molecule has 0 fully saturated rings. The number of hydrogen-bond donors (Lipinski definition) is 2. The Morgan fingerprint density at radius 3 is 2.09 bits per heavy atom. The fourth-order valence-electron chi connectivity index (χ4n) is 3.34. The Bertz CT molecular complexity index is 1410. The second kappa shape index (κ2) is 8.73.